The smallest absolute Gasteiger partial charge is 0.120 e. The molecule has 0 saturated carbocycles. The van der Waals surface area contributed by atoms with Gasteiger partial charge in [-0.2, -0.15) is 0 Å². The van der Waals surface area contributed by atoms with Crippen LogP contribution in [0.3, 0.4) is 0 Å². The first-order valence-electron chi connectivity index (χ1n) is 7.16. The third-order valence-electron chi connectivity index (χ3n) is 3.01. The average Bonchev–Trinajstić information content (AvgIpc) is 2.60. The predicted molar refractivity (Wildman–Crippen MR) is 80.2 cm³/mol. The maximum absolute atomic E-state index is 10.0. The Morgan fingerprint density at radius 3 is 1.96 bits per heavy atom. The van der Waals surface area contributed by atoms with E-state index < -0.39 is 31.0 Å². The predicted octanol–water partition coefficient (Wildman–Crippen LogP) is -2.84. The van der Waals surface area contributed by atoms with Crippen LogP contribution >= 0.6 is 0 Å². The molecule has 0 spiro atoms. The maximum atomic E-state index is 10.0. The summed E-state index contributed by atoms with van der Waals surface area (Å²) in [6.07, 6.45) is -5.81. The highest BCUT2D eigenvalue weighted by Gasteiger charge is 2.32. The Morgan fingerprint density at radius 1 is 0.917 bits per heavy atom. The molecule has 0 aliphatic rings. The van der Waals surface area contributed by atoms with Gasteiger partial charge in [-0.3, -0.25) is 32.2 Å². The Bertz CT molecular complexity index is 373. The van der Waals surface area contributed by atoms with Crippen LogP contribution in [-0.4, -0.2) is 93.4 Å². The van der Waals surface area contributed by atoms with E-state index in [4.69, 9.17) is 35.8 Å². The summed E-state index contributed by atoms with van der Waals surface area (Å²) >= 11 is 0. The Morgan fingerprint density at radius 2 is 1.46 bits per heavy atom. The molecule has 4 unspecified atom stereocenters. The largest absolute Gasteiger partial charge is 0.394 e. The highest BCUT2D eigenvalue weighted by atomic mass is 16.5. The van der Waals surface area contributed by atoms with Crippen LogP contribution in [0, 0.1) is 10.8 Å². The zero-order valence-corrected chi connectivity index (χ0v) is 13.1. The first-order chi connectivity index (χ1) is 11.4. The third kappa shape index (κ3) is 9.05. The minimum absolute atomic E-state index is 0.00784. The van der Waals surface area contributed by atoms with Crippen molar-refractivity contribution in [3.05, 3.63) is 0 Å². The molecule has 0 radical (unpaired) electrons. The molecule has 0 aromatic rings. The van der Waals surface area contributed by atoms with Gasteiger partial charge >= 0.3 is 0 Å². The van der Waals surface area contributed by atoms with Gasteiger partial charge < -0.3 is 29.9 Å². The molecule has 0 rings (SSSR count). The second-order valence-corrected chi connectivity index (χ2v) is 4.90. The Balaban J connectivity index is 4.48. The van der Waals surface area contributed by atoms with Gasteiger partial charge in [-0.1, -0.05) is 0 Å². The van der Waals surface area contributed by atoms with E-state index in [9.17, 15) is 15.3 Å². The van der Waals surface area contributed by atoms with Crippen molar-refractivity contribution in [2.45, 2.75) is 37.3 Å². The molecular formula is C12H26N4O8. The second kappa shape index (κ2) is 13.0. The molecular weight excluding hydrogens is 328 g/mol. The Labute approximate surface area is 138 Å². The molecule has 24 heavy (non-hydrogen) atoms. The van der Waals surface area contributed by atoms with E-state index in [1.807, 2.05) is 0 Å². The van der Waals surface area contributed by atoms with Crippen LogP contribution in [0.1, 0.15) is 12.8 Å². The zero-order chi connectivity index (χ0) is 18.5. The molecule has 0 aliphatic heterocycles. The second-order valence-electron chi connectivity index (χ2n) is 4.90. The first kappa shape index (κ1) is 22.6. The summed E-state index contributed by atoms with van der Waals surface area (Å²) in [7, 11) is 0. The number of aliphatic hydroxyl groups is 4. The van der Waals surface area contributed by atoms with Crippen molar-refractivity contribution in [1.82, 2.24) is 11.0 Å². The molecule has 10 N–H and O–H groups in total. The fraction of sp³-hybridized carbons (Fsp3) is 0.833. The number of amidine groups is 2. The number of rotatable bonds is 13. The van der Waals surface area contributed by atoms with Crippen LogP contribution in [-0.2, 0) is 9.47 Å². The molecule has 0 aliphatic carbocycles. The SMILES string of the molecule is N=C(CCOCC(O)C(OCCC(=N)NO)C(O)C(O)CO)NO. The van der Waals surface area contributed by atoms with E-state index >= 15 is 0 Å². The fourth-order valence-electron chi connectivity index (χ4n) is 1.65. The number of hydroxylamine groups is 2. The van der Waals surface area contributed by atoms with Gasteiger partial charge in [0.15, 0.2) is 0 Å². The normalized spacial score (nSPS) is 16.1. The van der Waals surface area contributed by atoms with E-state index in [2.05, 4.69) is 0 Å². The number of ether oxygens (including phenoxy) is 2. The van der Waals surface area contributed by atoms with Crippen LogP contribution in [0.2, 0.25) is 0 Å². The maximum Gasteiger partial charge on any atom is 0.120 e. The van der Waals surface area contributed by atoms with Gasteiger partial charge in [0.2, 0.25) is 0 Å². The molecule has 0 saturated heterocycles. The number of aliphatic hydroxyl groups excluding tert-OH is 4. The summed E-state index contributed by atoms with van der Waals surface area (Å²) in [6, 6.07) is 0. The van der Waals surface area contributed by atoms with E-state index in [0.29, 0.717) is 0 Å². The van der Waals surface area contributed by atoms with Gasteiger partial charge in [-0.15, -0.1) is 0 Å². The molecule has 0 heterocycles. The molecule has 0 aromatic carbocycles. The topological polar surface area (TPSA) is 212 Å². The van der Waals surface area contributed by atoms with Gasteiger partial charge in [0.25, 0.3) is 0 Å². The van der Waals surface area contributed by atoms with Crippen LogP contribution in [0.15, 0.2) is 0 Å². The molecule has 0 fully saturated rings. The lowest BCUT2D eigenvalue weighted by atomic mass is 10.0. The molecule has 4 atom stereocenters. The Hall–Kier alpha value is -1.38. The summed E-state index contributed by atoms with van der Waals surface area (Å²) in [5, 5.41) is 69.5. The summed E-state index contributed by atoms with van der Waals surface area (Å²) in [4.78, 5) is 0. The summed E-state index contributed by atoms with van der Waals surface area (Å²) < 4.78 is 10.3. The quantitative estimate of drug-likeness (QED) is 0.0707. The molecule has 0 amide bonds. The van der Waals surface area contributed by atoms with E-state index in [-0.39, 0.29) is 44.3 Å². The lowest BCUT2D eigenvalue weighted by molar-refractivity contribution is -0.152. The highest BCUT2D eigenvalue weighted by Crippen LogP contribution is 2.11. The number of hydrogen-bond acceptors (Lipinski definition) is 10. The van der Waals surface area contributed by atoms with Crippen molar-refractivity contribution in [3.63, 3.8) is 0 Å². The van der Waals surface area contributed by atoms with Crippen molar-refractivity contribution < 1.29 is 40.3 Å². The van der Waals surface area contributed by atoms with Crippen LogP contribution in [0.25, 0.3) is 0 Å². The van der Waals surface area contributed by atoms with Crippen LogP contribution in [0.5, 0.6) is 0 Å². The molecule has 0 aromatic heterocycles. The van der Waals surface area contributed by atoms with Gasteiger partial charge in [-0.25, -0.2) is 0 Å². The van der Waals surface area contributed by atoms with Crippen molar-refractivity contribution in [2.24, 2.45) is 0 Å². The van der Waals surface area contributed by atoms with Gasteiger partial charge in [-0.05, 0) is 0 Å². The van der Waals surface area contributed by atoms with Crippen molar-refractivity contribution in [1.29, 1.82) is 10.8 Å². The highest BCUT2D eigenvalue weighted by molar-refractivity contribution is 5.77. The number of nitrogens with one attached hydrogen (secondary N) is 4. The Kier molecular flexibility index (Phi) is 12.2. The third-order valence-corrected chi connectivity index (χ3v) is 3.01. The molecule has 0 bridgehead atoms. The van der Waals surface area contributed by atoms with Crippen molar-refractivity contribution >= 4 is 11.7 Å². The van der Waals surface area contributed by atoms with Crippen molar-refractivity contribution in [3.8, 4) is 0 Å². The standard InChI is InChI=1S/C12H26N4O8/c13-9(15-21)1-3-23-6-8(19)12(11(20)7(18)5-17)24-4-2-10(14)16-22/h7-8,11-12,17-22H,1-6H2,(H2,13,15)(H2,14,16). The average molecular weight is 354 g/mol. The van der Waals surface area contributed by atoms with Crippen LogP contribution < -0.4 is 11.0 Å². The lowest BCUT2D eigenvalue weighted by Crippen LogP contribution is -2.49. The zero-order valence-electron chi connectivity index (χ0n) is 13.1. The minimum Gasteiger partial charge on any atom is -0.394 e. The summed E-state index contributed by atoms with van der Waals surface area (Å²) in [5.74, 6) is -0.422. The van der Waals surface area contributed by atoms with Gasteiger partial charge in [0.1, 0.15) is 36.1 Å². The molecule has 142 valence electrons. The lowest BCUT2D eigenvalue weighted by Gasteiger charge is -2.30. The first-order valence-corrected chi connectivity index (χ1v) is 7.16. The van der Waals surface area contributed by atoms with E-state index in [1.54, 1.807) is 11.0 Å². The van der Waals surface area contributed by atoms with E-state index in [1.165, 1.54) is 0 Å². The van der Waals surface area contributed by atoms with Crippen LogP contribution in [0.4, 0.5) is 0 Å². The van der Waals surface area contributed by atoms with Crippen molar-refractivity contribution in [2.75, 3.05) is 26.4 Å². The molecule has 12 heteroatoms. The summed E-state index contributed by atoms with van der Waals surface area (Å²) in [6.45, 7) is -1.19. The molecule has 12 nitrogen and oxygen atoms in total. The van der Waals surface area contributed by atoms with Gasteiger partial charge in [0, 0.05) is 12.8 Å². The minimum atomic E-state index is -1.61. The number of hydrogen-bond donors (Lipinski definition) is 10. The summed E-state index contributed by atoms with van der Waals surface area (Å²) in [5.41, 5.74) is 3.24. The fourth-order valence-corrected chi connectivity index (χ4v) is 1.65. The van der Waals surface area contributed by atoms with Gasteiger partial charge in [0.05, 0.1) is 26.4 Å². The monoisotopic (exact) mass is 354 g/mol. The van der Waals surface area contributed by atoms with E-state index in [0.717, 1.165) is 0 Å².